The second-order valence-corrected chi connectivity index (χ2v) is 9.44. The summed E-state index contributed by atoms with van der Waals surface area (Å²) < 4.78 is 27.2. The molecule has 0 bridgehead atoms. The molecule has 0 spiro atoms. The van der Waals surface area contributed by atoms with Crippen LogP contribution in [0.2, 0.25) is 0 Å². The third-order valence-corrected chi connectivity index (χ3v) is 7.63. The van der Waals surface area contributed by atoms with Crippen LogP contribution in [0.5, 0.6) is 0 Å². The first-order valence-corrected chi connectivity index (χ1v) is 8.76. The minimum atomic E-state index is -3.39. The van der Waals surface area contributed by atoms with Gasteiger partial charge in [-0.1, -0.05) is 0 Å². The number of halogens is 1. The van der Waals surface area contributed by atoms with Crippen molar-refractivity contribution in [2.45, 2.75) is 30.1 Å². The fourth-order valence-corrected chi connectivity index (χ4v) is 5.71. The monoisotopic (exact) mass is 353 g/mol. The quantitative estimate of drug-likeness (QED) is 0.902. The molecule has 1 aliphatic rings. The Morgan fingerprint density at radius 1 is 1.56 bits per heavy atom. The molecule has 0 atom stereocenters. The lowest BCUT2D eigenvalue weighted by Gasteiger charge is -2.33. The van der Waals surface area contributed by atoms with Crippen molar-refractivity contribution in [3.05, 3.63) is 15.4 Å². The van der Waals surface area contributed by atoms with Gasteiger partial charge in [0.1, 0.15) is 4.21 Å². The van der Waals surface area contributed by atoms with Crippen LogP contribution in [0.4, 0.5) is 0 Å². The second-order valence-electron chi connectivity index (χ2n) is 4.80. The molecule has 0 aromatic carbocycles. The van der Waals surface area contributed by atoms with E-state index in [-0.39, 0.29) is 12.0 Å². The molecular weight excluding hydrogens is 338 g/mol. The number of hydrogen-bond donors (Lipinski definition) is 1. The Balaban J connectivity index is 2.10. The molecule has 1 saturated carbocycles. The fraction of sp³-hybridized carbons (Fsp3) is 0.636. The van der Waals surface area contributed by atoms with E-state index in [1.807, 2.05) is 6.92 Å². The van der Waals surface area contributed by atoms with Gasteiger partial charge in [-0.25, -0.2) is 8.42 Å². The summed E-state index contributed by atoms with van der Waals surface area (Å²) in [7, 11) is -1.79. The summed E-state index contributed by atoms with van der Waals surface area (Å²) in [5.41, 5.74) is 0.936. The van der Waals surface area contributed by atoms with Crippen LogP contribution in [0.15, 0.2) is 14.1 Å². The highest BCUT2D eigenvalue weighted by Gasteiger charge is 2.32. The molecule has 0 amide bonds. The lowest BCUT2D eigenvalue weighted by Crippen LogP contribution is -2.39. The lowest BCUT2D eigenvalue weighted by molar-refractivity contribution is 0.0367. The lowest BCUT2D eigenvalue weighted by atomic mass is 9.82. The Morgan fingerprint density at radius 3 is 2.61 bits per heavy atom. The van der Waals surface area contributed by atoms with Crippen molar-refractivity contribution in [1.82, 2.24) is 4.31 Å². The van der Waals surface area contributed by atoms with E-state index in [2.05, 4.69) is 15.9 Å². The van der Waals surface area contributed by atoms with Crippen molar-refractivity contribution in [1.29, 1.82) is 0 Å². The normalized spacial score (nSPS) is 24.3. The largest absolute Gasteiger partial charge is 0.393 e. The van der Waals surface area contributed by atoms with Gasteiger partial charge in [-0.15, -0.1) is 11.3 Å². The molecule has 1 N–H and O–H groups in total. The van der Waals surface area contributed by atoms with Gasteiger partial charge in [0.2, 0.25) is 0 Å². The van der Waals surface area contributed by atoms with Crippen molar-refractivity contribution < 1.29 is 13.5 Å². The molecule has 1 aromatic heterocycles. The molecule has 1 fully saturated rings. The Morgan fingerprint density at radius 2 is 2.17 bits per heavy atom. The molecule has 1 aliphatic carbocycles. The van der Waals surface area contributed by atoms with Gasteiger partial charge in [-0.3, -0.25) is 0 Å². The van der Waals surface area contributed by atoms with Gasteiger partial charge in [-0.2, -0.15) is 4.31 Å². The van der Waals surface area contributed by atoms with Crippen LogP contribution in [-0.4, -0.2) is 37.5 Å². The van der Waals surface area contributed by atoms with Crippen molar-refractivity contribution in [3.8, 4) is 0 Å². The Labute approximate surface area is 120 Å². The highest BCUT2D eigenvalue weighted by molar-refractivity contribution is 9.11. The standard InChI is InChI=1S/C11H16BrNO3S2/c1-7-3-10(17-11(7)12)18(15,16)13(2)6-8-4-9(14)5-8/h3,8-9,14H,4-6H2,1-2H3. The smallest absolute Gasteiger partial charge is 0.252 e. The van der Waals surface area contributed by atoms with Gasteiger partial charge >= 0.3 is 0 Å². The summed E-state index contributed by atoms with van der Waals surface area (Å²) in [5, 5.41) is 9.22. The second kappa shape index (κ2) is 5.20. The van der Waals surface area contributed by atoms with E-state index in [4.69, 9.17) is 0 Å². The number of aryl methyl sites for hydroxylation is 1. The van der Waals surface area contributed by atoms with E-state index in [1.165, 1.54) is 15.6 Å². The summed E-state index contributed by atoms with van der Waals surface area (Å²) in [6.07, 6.45) is 1.16. The summed E-state index contributed by atoms with van der Waals surface area (Å²) in [6, 6.07) is 1.69. The van der Waals surface area contributed by atoms with E-state index in [1.54, 1.807) is 13.1 Å². The number of aliphatic hydroxyl groups excluding tert-OH is 1. The van der Waals surface area contributed by atoms with Crippen LogP contribution < -0.4 is 0 Å². The van der Waals surface area contributed by atoms with Gasteiger partial charge in [0, 0.05) is 13.6 Å². The number of hydrogen-bond acceptors (Lipinski definition) is 4. The van der Waals surface area contributed by atoms with Crippen molar-refractivity contribution in [2.24, 2.45) is 5.92 Å². The van der Waals surface area contributed by atoms with Crippen LogP contribution in [0.1, 0.15) is 18.4 Å². The summed E-state index contributed by atoms with van der Waals surface area (Å²) in [4.78, 5) is 0. The third kappa shape index (κ3) is 2.80. The molecule has 0 unspecified atom stereocenters. The summed E-state index contributed by atoms with van der Waals surface area (Å²) >= 11 is 4.58. The summed E-state index contributed by atoms with van der Waals surface area (Å²) in [5.74, 6) is 0.282. The fourth-order valence-electron chi connectivity index (χ4n) is 2.02. The molecule has 18 heavy (non-hydrogen) atoms. The number of aliphatic hydroxyl groups is 1. The van der Waals surface area contributed by atoms with E-state index in [9.17, 15) is 13.5 Å². The minimum absolute atomic E-state index is 0.246. The molecule has 2 rings (SSSR count). The predicted octanol–water partition coefficient (Wildman–Crippen LogP) is 2.21. The van der Waals surface area contributed by atoms with Crippen molar-refractivity contribution in [2.75, 3.05) is 13.6 Å². The first-order valence-electron chi connectivity index (χ1n) is 5.71. The molecule has 1 aromatic rings. The van der Waals surface area contributed by atoms with Gasteiger partial charge in [-0.05, 0) is 53.2 Å². The van der Waals surface area contributed by atoms with Gasteiger partial charge in [0.25, 0.3) is 10.0 Å². The zero-order valence-corrected chi connectivity index (χ0v) is 13.5. The molecular formula is C11H16BrNO3S2. The van der Waals surface area contributed by atoms with Crippen LogP contribution in [0.25, 0.3) is 0 Å². The van der Waals surface area contributed by atoms with E-state index >= 15 is 0 Å². The SMILES string of the molecule is Cc1cc(S(=O)(=O)N(C)CC2CC(O)C2)sc1Br. The highest BCUT2D eigenvalue weighted by Crippen LogP contribution is 2.34. The molecule has 4 nitrogen and oxygen atoms in total. The predicted molar refractivity (Wildman–Crippen MR) is 75.3 cm³/mol. The van der Waals surface area contributed by atoms with E-state index in [0.717, 1.165) is 9.35 Å². The van der Waals surface area contributed by atoms with E-state index < -0.39 is 10.0 Å². The zero-order chi connectivity index (χ0) is 13.5. The van der Waals surface area contributed by atoms with Gasteiger partial charge in [0.15, 0.2) is 0 Å². The zero-order valence-electron chi connectivity index (χ0n) is 10.3. The minimum Gasteiger partial charge on any atom is -0.393 e. The Bertz CT molecular complexity index is 515. The van der Waals surface area contributed by atoms with Gasteiger partial charge in [0.05, 0.1) is 9.89 Å². The van der Waals surface area contributed by atoms with E-state index in [0.29, 0.717) is 23.6 Å². The molecule has 102 valence electrons. The maximum atomic E-state index is 12.3. The molecule has 0 saturated heterocycles. The van der Waals surface area contributed by atoms with Crippen molar-refractivity contribution >= 4 is 37.3 Å². The average Bonchev–Trinajstić information content (AvgIpc) is 2.57. The topological polar surface area (TPSA) is 57.6 Å². The van der Waals surface area contributed by atoms with Crippen LogP contribution in [0.3, 0.4) is 0 Å². The third-order valence-electron chi connectivity index (χ3n) is 3.23. The van der Waals surface area contributed by atoms with Crippen LogP contribution >= 0.6 is 27.3 Å². The first-order chi connectivity index (χ1) is 8.30. The molecule has 0 radical (unpaired) electrons. The maximum Gasteiger partial charge on any atom is 0.252 e. The highest BCUT2D eigenvalue weighted by atomic mass is 79.9. The number of rotatable bonds is 4. The van der Waals surface area contributed by atoms with Crippen LogP contribution in [-0.2, 0) is 10.0 Å². The van der Waals surface area contributed by atoms with Gasteiger partial charge < -0.3 is 5.11 Å². The Hall–Kier alpha value is 0.0500. The first kappa shape index (κ1) is 14.5. The van der Waals surface area contributed by atoms with Crippen LogP contribution in [0, 0.1) is 12.8 Å². The summed E-state index contributed by atoms with van der Waals surface area (Å²) in [6.45, 7) is 2.36. The number of nitrogens with zero attached hydrogens (tertiary/aromatic N) is 1. The van der Waals surface area contributed by atoms with Crippen molar-refractivity contribution in [3.63, 3.8) is 0 Å². The Kier molecular flexibility index (Phi) is 4.18. The average molecular weight is 354 g/mol. The molecule has 7 heteroatoms. The molecule has 1 heterocycles. The molecule has 0 aliphatic heterocycles. The number of sulfonamides is 1. The maximum absolute atomic E-state index is 12.3. The number of thiophene rings is 1.